The Morgan fingerprint density at radius 3 is 2.73 bits per heavy atom. The zero-order valence-corrected chi connectivity index (χ0v) is 14.7. The Hall–Kier alpha value is -2.69. The van der Waals surface area contributed by atoms with Crippen molar-refractivity contribution in [3.63, 3.8) is 0 Å². The molecule has 2 aromatic rings. The van der Waals surface area contributed by atoms with Crippen molar-refractivity contribution in [3.8, 4) is 6.07 Å². The molecule has 0 saturated carbocycles. The van der Waals surface area contributed by atoms with Crippen LogP contribution < -0.4 is 10.6 Å². The summed E-state index contributed by atoms with van der Waals surface area (Å²) in [5, 5.41) is 10.2. The molecule has 26 heavy (non-hydrogen) atoms. The van der Waals surface area contributed by atoms with E-state index >= 15 is 0 Å². The van der Waals surface area contributed by atoms with Crippen molar-refractivity contribution in [3.05, 3.63) is 36.0 Å². The van der Waals surface area contributed by atoms with E-state index in [1.165, 1.54) is 0 Å². The highest BCUT2D eigenvalue weighted by molar-refractivity contribution is 5.95. The van der Waals surface area contributed by atoms with Crippen LogP contribution in [0.15, 0.2) is 30.5 Å². The van der Waals surface area contributed by atoms with E-state index in [4.69, 9.17) is 15.7 Å². The number of nitrogens with two attached hydrogens (primary N) is 1. The van der Waals surface area contributed by atoms with Crippen LogP contribution >= 0.6 is 0 Å². The van der Waals surface area contributed by atoms with Gasteiger partial charge >= 0.3 is 0 Å². The Morgan fingerprint density at radius 2 is 2.08 bits per heavy atom. The maximum Gasteiger partial charge on any atom is 0.209 e. The Morgan fingerprint density at radius 1 is 1.31 bits per heavy atom. The topological polar surface area (TPSA) is 95.5 Å². The number of amides is 1. The highest BCUT2D eigenvalue weighted by Gasteiger charge is 2.22. The number of carbonyl (C=O) groups is 1. The van der Waals surface area contributed by atoms with E-state index in [9.17, 15) is 4.79 Å². The first-order valence-corrected chi connectivity index (χ1v) is 8.76. The number of nitriles is 1. The molecule has 7 nitrogen and oxygen atoms in total. The van der Waals surface area contributed by atoms with E-state index in [1.807, 2.05) is 24.3 Å². The minimum absolute atomic E-state index is 0.570. The fraction of sp³-hybridized carbons (Fsp3) is 0.421. The van der Waals surface area contributed by atoms with Gasteiger partial charge in [-0.05, 0) is 30.8 Å². The van der Waals surface area contributed by atoms with Crippen LogP contribution in [0.5, 0.6) is 0 Å². The van der Waals surface area contributed by atoms with Gasteiger partial charge in [0.2, 0.25) is 6.41 Å². The van der Waals surface area contributed by atoms with Crippen molar-refractivity contribution >= 4 is 23.0 Å². The average Bonchev–Trinajstić information content (AvgIpc) is 2.68. The Bertz CT molecular complexity index is 792. The molecule has 0 atom stereocenters. The number of hydrogen-bond donors (Lipinski definition) is 1. The lowest BCUT2D eigenvalue weighted by atomic mass is 10.0. The summed E-state index contributed by atoms with van der Waals surface area (Å²) in [6.07, 6.45) is 2.60. The number of aromatic nitrogens is 1. The molecule has 0 unspecified atom stereocenters. The number of rotatable bonds is 3. The van der Waals surface area contributed by atoms with Crippen LogP contribution in [0, 0.1) is 17.2 Å². The van der Waals surface area contributed by atoms with Crippen molar-refractivity contribution in [2.75, 3.05) is 50.8 Å². The minimum Gasteiger partial charge on any atom is -0.378 e. The summed E-state index contributed by atoms with van der Waals surface area (Å²) < 4.78 is 5.37. The number of carbonyl (C=O) groups excluding carboxylic acids is 1. The molecule has 1 aromatic heterocycles. The number of pyridine rings is 1. The third-order valence-corrected chi connectivity index (χ3v) is 4.69. The van der Waals surface area contributed by atoms with Crippen LogP contribution in [-0.4, -0.2) is 62.2 Å². The standard InChI is InChI=1S/C14H13N3O.C5H10N2O/c15-10-11-3-4-13(17-6-8-18-9-7-17)12-2-1-5-16-14(11)12;6-1-5-2-7(3-5)4-8/h1-5H,6-9H2;4-5H,1-3,6H2. The summed E-state index contributed by atoms with van der Waals surface area (Å²) >= 11 is 0. The lowest BCUT2D eigenvalue weighted by Crippen LogP contribution is -2.48. The van der Waals surface area contributed by atoms with Gasteiger partial charge in [0.25, 0.3) is 0 Å². The number of anilines is 1. The molecule has 7 heteroatoms. The molecule has 2 N–H and O–H groups in total. The molecule has 2 fully saturated rings. The number of morpholine rings is 1. The Kier molecular flexibility index (Phi) is 6.00. The second-order valence-electron chi connectivity index (χ2n) is 6.40. The SMILES string of the molecule is N#Cc1ccc(N2CCOCC2)c2cccnc12.NCC1CN(C=O)C1. The van der Waals surface area contributed by atoms with E-state index in [0.29, 0.717) is 18.0 Å². The number of benzene rings is 1. The van der Waals surface area contributed by atoms with E-state index in [0.717, 1.165) is 62.4 Å². The lowest BCUT2D eigenvalue weighted by molar-refractivity contribution is -0.123. The van der Waals surface area contributed by atoms with Gasteiger partial charge in [-0.3, -0.25) is 9.78 Å². The van der Waals surface area contributed by atoms with Crippen LogP contribution in [0.2, 0.25) is 0 Å². The van der Waals surface area contributed by atoms with E-state index < -0.39 is 0 Å². The average molecular weight is 353 g/mol. The molecule has 0 spiro atoms. The molecule has 0 bridgehead atoms. The molecule has 1 aromatic carbocycles. The largest absolute Gasteiger partial charge is 0.378 e. The van der Waals surface area contributed by atoms with Crippen LogP contribution in [0.4, 0.5) is 5.69 Å². The number of fused-ring (bicyclic) bond motifs is 1. The molecule has 1 amide bonds. The smallest absolute Gasteiger partial charge is 0.209 e. The molecule has 4 rings (SSSR count). The molecule has 136 valence electrons. The molecule has 3 heterocycles. The fourth-order valence-electron chi connectivity index (χ4n) is 3.17. The van der Waals surface area contributed by atoms with Crippen molar-refractivity contribution in [1.82, 2.24) is 9.88 Å². The Labute approximate surface area is 153 Å². The molecule has 0 radical (unpaired) electrons. The summed E-state index contributed by atoms with van der Waals surface area (Å²) in [5.41, 5.74) is 7.86. The summed E-state index contributed by atoms with van der Waals surface area (Å²) in [6.45, 7) is 5.71. The first-order valence-electron chi connectivity index (χ1n) is 8.76. The number of hydrogen-bond acceptors (Lipinski definition) is 6. The van der Waals surface area contributed by atoms with Gasteiger partial charge in [-0.1, -0.05) is 0 Å². The molecule has 0 aliphatic carbocycles. The summed E-state index contributed by atoms with van der Waals surface area (Å²) in [5.74, 6) is 0.570. The van der Waals surface area contributed by atoms with Crippen molar-refractivity contribution in [1.29, 1.82) is 5.26 Å². The minimum atomic E-state index is 0.570. The van der Waals surface area contributed by atoms with E-state index in [1.54, 1.807) is 11.1 Å². The third-order valence-electron chi connectivity index (χ3n) is 4.69. The second kappa shape index (κ2) is 8.61. The summed E-state index contributed by atoms with van der Waals surface area (Å²) in [6, 6.07) is 9.98. The van der Waals surface area contributed by atoms with Crippen LogP contribution in [0.1, 0.15) is 5.56 Å². The first kappa shape index (κ1) is 18.1. The van der Waals surface area contributed by atoms with Crippen LogP contribution in [0.25, 0.3) is 10.9 Å². The van der Waals surface area contributed by atoms with Crippen LogP contribution in [0.3, 0.4) is 0 Å². The number of ether oxygens (including phenoxy) is 1. The summed E-state index contributed by atoms with van der Waals surface area (Å²) in [4.78, 5) is 18.3. The molecule has 2 aliphatic rings. The van der Waals surface area contributed by atoms with E-state index in [-0.39, 0.29) is 0 Å². The van der Waals surface area contributed by atoms with Gasteiger partial charge in [0, 0.05) is 49.4 Å². The van der Waals surface area contributed by atoms with Crippen molar-refractivity contribution in [2.24, 2.45) is 11.7 Å². The normalized spacial score (nSPS) is 17.1. The van der Waals surface area contributed by atoms with Gasteiger partial charge in [0.05, 0.1) is 24.3 Å². The van der Waals surface area contributed by atoms with Crippen molar-refractivity contribution < 1.29 is 9.53 Å². The molecular weight excluding hydrogens is 330 g/mol. The van der Waals surface area contributed by atoms with E-state index in [2.05, 4.69) is 16.0 Å². The summed E-state index contributed by atoms with van der Waals surface area (Å²) in [7, 11) is 0. The highest BCUT2D eigenvalue weighted by atomic mass is 16.5. The maximum atomic E-state index is 9.93. The predicted octanol–water partition coefficient (Wildman–Crippen LogP) is 0.976. The van der Waals surface area contributed by atoms with Gasteiger partial charge < -0.3 is 20.3 Å². The van der Waals surface area contributed by atoms with Gasteiger partial charge in [0.15, 0.2) is 0 Å². The fourth-order valence-corrected chi connectivity index (χ4v) is 3.17. The third kappa shape index (κ3) is 3.93. The van der Waals surface area contributed by atoms with Crippen LogP contribution in [-0.2, 0) is 9.53 Å². The number of nitrogens with zero attached hydrogens (tertiary/aromatic N) is 4. The lowest BCUT2D eigenvalue weighted by Gasteiger charge is -2.35. The van der Waals surface area contributed by atoms with Gasteiger partial charge in [-0.15, -0.1) is 0 Å². The molecular formula is C19H23N5O2. The molecule has 2 saturated heterocycles. The van der Waals surface area contributed by atoms with Gasteiger partial charge in [-0.25, -0.2) is 0 Å². The quantitative estimate of drug-likeness (QED) is 0.827. The van der Waals surface area contributed by atoms with Crippen molar-refractivity contribution in [2.45, 2.75) is 0 Å². The predicted molar refractivity (Wildman–Crippen MR) is 99.7 cm³/mol. The second-order valence-corrected chi connectivity index (χ2v) is 6.40. The number of likely N-dealkylation sites (tertiary alicyclic amines) is 1. The molecule has 2 aliphatic heterocycles. The zero-order chi connectivity index (χ0) is 18.4. The van der Waals surface area contributed by atoms with Gasteiger partial charge in [-0.2, -0.15) is 5.26 Å². The highest BCUT2D eigenvalue weighted by Crippen LogP contribution is 2.28. The zero-order valence-electron chi connectivity index (χ0n) is 14.7. The Balaban J connectivity index is 0.000000206. The van der Waals surface area contributed by atoms with Gasteiger partial charge in [0.1, 0.15) is 6.07 Å². The first-order chi connectivity index (χ1) is 12.8. The monoisotopic (exact) mass is 353 g/mol. The maximum absolute atomic E-state index is 9.93.